The van der Waals surface area contributed by atoms with Crippen LogP contribution >= 0.6 is 11.3 Å². The molecule has 0 saturated heterocycles. The lowest BCUT2D eigenvalue weighted by Gasteiger charge is -2.09. The van der Waals surface area contributed by atoms with E-state index in [0.29, 0.717) is 30.2 Å². The van der Waals surface area contributed by atoms with Gasteiger partial charge in [0.15, 0.2) is 0 Å². The fourth-order valence-corrected chi connectivity index (χ4v) is 2.18. The summed E-state index contributed by atoms with van der Waals surface area (Å²) in [5.41, 5.74) is 6.49. The van der Waals surface area contributed by atoms with E-state index < -0.39 is 5.97 Å². The number of nitrogens with two attached hydrogens (primary N) is 1. The fourth-order valence-electron chi connectivity index (χ4n) is 1.56. The lowest BCUT2D eigenvalue weighted by molar-refractivity contribution is 0.0527. The van der Waals surface area contributed by atoms with E-state index in [4.69, 9.17) is 15.2 Å². The number of anilines is 1. The quantitative estimate of drug-likeness (QED) is 0.674. The molecule has 0 aliphatic carbocycles. The maximum atomic E-state index is 11.7. The molecule has 2 rings (SSSR count). The molecule has 1 aromatic carbocycles. The molecule has 0 unspecified atom stereocenters. The third-order valence-electron chi connectivity index (χ3n) is 2.48. The Labute approximate surface area is 115 Å². The van der Waals surface area contributed by atoms with Gasteiger partial charge in [-0.05, 0) is 36.6 Å². The molecule has 5 heteroatoms. The maximum Gasteiger partial charge on any atom is 0.340 e. The monoisotopic (exact) mass is 277 g/mol. The summed E-state index contributed by atoms with van der Waals surface area (Å²) in [6, 6.07) is 8.97. The zero-order valence-corrected chi connectivity index (χ0v) is 11.4. The van der Waals surface area contributed by atoms with Crippen molar-refractivity contribution in [3.63, 3.8) is 0 Å². The van der Waals surface area contributed by atoms with Crippen molar-refractivity contribution in [3.05, 3.63) is 46.2 Å². The Hall–Kier alpha value is -2.01. The fraction of sp³-hybridized carbons (Fsp3) is 0.214. The molecule has 0 amide bonds. The van der Waals surface area contributed by atoms with Crippen molar-refractivity contribution >= 4 is 23.0 Å². The lowest BCUT2D eigenvalue weighted by Crippen LogP contribution is -2.08. The van der Waals surface area contributed by atoms with Gasteiger partial charge in [-0.15, -0.1) is 11.3 Å². The highest BCUT2D eigenvalue weighted by Crippen LogP contribution is 2.22. The molecular weight excluding hydrogens is 262 g/mol. The number of benzene rings is 1. The van der Waals surface area contributed by atoms with Crippen molar-refractivity contribution in [1.82, 2.24) is 0 Å². The van der Waals surface area contributed by atoms with Gasteiger partial charge in [-0.3, -0.25) is 0 Å². The first-order valence-corrected chi connectivity index (χ1v) is 6.80. The van der Waals surface area contributed by atoms with E-state index in [1.54, 1.807) is 36.5 Å². The second kappa shape index (κ2) is 6.24. The van der Waals surface area contributed by atoms with Gasteiger partial charge in [0, 0.05) is 10.6 Å². The molecule has 0 spiro atoms. The third kappa shape index (κ3) is 3.48. The summed E-state index contributed by atoms with van der Waals surface area (Å²) in [6.45, 7) is 2.55. The van der Waals surface area contributed by atoms with Crippen LogP contribution < -0.4 is 10.5 Å². The summed E-state index contributed by atoms with van der Waals surface area (Å²) in [4.78, 5) is 12.8. The van der Waals surface area contributed by atoms with Gasteiger partial charge in [0.1, 0.15) is 12.4 Å². The zero-order chi connectivity index (χ0) is 13.7. The molecule has 1 heterocycles. The van der Waals surface area contributed by atoms with E-state index >= 15 is 0 Å². The Bertz CT molecular complexity index is 552. The number of carbonyl (C=O) groups excluding carboxylic acids is 1. The highest BCUT2D eigenvalue weighted by atomic mass is 32.1. The van der Waals surface area contributed by atoms with Crippen LogP contribution in [0.2, 0.25) is 0 Å². The molecule has 0 atom stereocenters. The van der Waals surface area contributed by atoms with Crippen LogP contribution in [0.4, 0.5) is 5.69 Å². The van der Waals surface area contributed by atoms with Crippen molar-refractivity contribution in [1.29, 1.82) is 0 Å². The second-order valence-electron chi connectivity index (χ2n) is 3.84. The summed E-state index contributed by atoms with van der Waals surface area (Å²) in [7, 11) is 0. The summed E-state index contributed by atoms with van der Waals surface area (Å²) >= 11 is 1.62. The molecule has 1 aromatic heterocycles. The maximum absolute atomic E-state index is 11.7. The Morgan fingerprint density at radius 1 is 1.37 bits per heavy atom. The average Bonchev–Trinajstić information content (AvgIpc) is 2.91. The van der Waals surface area contributed by atoms with Crippen LogP contribution in [-0.2, 0) is 11.3 Å². The Morgan fingerprint density at radius 3 is 2.89 bits per heavy atom. The molecule has 100 valence electrons. The predicted molar refractivity (Wildman–Crippen MR) is 75.5 cm³/mol. The summed E-state index contributed by atoms with van der Waals surface area (Å²) < 4.78 is 10.6. The molecule has 0 fully saturated rings. The van der Waals surface area contributed by atoms with Gasteiger partial charge >= 0.3 is 5.97 Å². The van der Waals surface area contributed by atoms with Gasteiger partial charge in [0.25, 0.3) is 0 Å². The number of ether oxygens (including phenoxy) is 2. The van der Waals surface area contributed by atoms with E-state index in [1.165, 1.54) is 0 Å². The van der Waals surface area contributed by atoms with Crippen LogP contribution in [0.3, 0.4) is 0 Å². The standard InChI is InChI=1S/C14H15NO3S/c1-2-17-14(16)12-8-10(5-6-13(12)15)18-9-11-4-3-7-19-11/h3-8H,2,9,15H2,1H3. The van der Waals surface area contributed by atoms with E-state index in [1.807, 2.05) is 17.5 Å². The second-order valence-corrected chi connectivity index (χ2v) is 4.87. The molecule has 4 nitrogen and oxygen atoms in total. The molecule has 0 bridgehead atoms. The number of hydrogen-bond acceptors (Lipinski definition) is 5. The first kappa shape index (κ1) is 13.4. The van der Waals surface area contributed by atoms with E-state index in [2.05, 4.69) is 0 Å². The van der Waals surface area contributed by atoms with Crippen LogP contribution in [0.25, 0.3) is 0 Å². The van der Waals surface area contributed by atoms with Gasteiger partial charge in [0.05, 0.1) is 12.2 Å². The van der Waals surface area contributed by atoms with Crippen molar-refractivity contribution in [3.8, 4) is 5.75 Å². The predicted octanol–water partition coefficient (Wildman–Crippen LogP) is 3.09. The SMILES string of the molecule is CCOC(=O)c1cc(OCc2cccs2)ccc1N. The number of nitrogen functional groups attached to an aromatic ring is 1. The molecule has 2 aromatic rings. The molecular formula is C14H15NO3S. The van der Waals surface area contributed by atoms with Crippen LogP contribution in [0.5, 0.6) is 5.75 Å². The largest absolute Gasteiger partial charge is 0.488 e. The van der Waals surface area contributed by atoms with Gasteiger partial charge in [-0.1, -0.05) is 6.07 Å². The van der Waals surface area contributed by atoms with E-state index in [0.717, 1.165) is 4.88 Å². The molecule has 0 saturated carbocycles. The Kier molecular flexibility index (Phi) is 4.41. The van der Waals surface area contributed by atoms with Crippen molar-refractivity contribution in [2.45, 2.75) is 13.5 Å². The minimum atomic E-state index is -0.429. The Balaban J connectivity index is 2.09. The summed E-state index contributed by atoms with van der Waals surface area (Å²) in [5, 5.41) is 1.99. The minimum Gasteiger partial charge on any atom is -0.488 e. The van der Waals surface area contributed by atoms with Crippen molar-refractivity contribution in [2.24, 2.45) is 0 Å². The highest BCUT2D eigenvalue weighted by molar-refractivity contribution is 7.09. The van der Waals surface area contributed by atoms with E-state index in [9.17, 15) is 4.79 Å². The van der Waals surface area contributed by atoms with Crippen LogP contribution in [0, 0.1) is 0 Å². The number of rotatable bonds is 5. The lowest BCUT2D eigenvalue weighted by atomic mass is 10.2. The van der Waals surface area contributed by atoms with Crippen LogP contribution in [0.1, 0.15) is 22.2 Å². The summed E-state index contributed by atoms with van der Waals surface area (Å²) in [5.74, 6) is 0.173. The average molecular weight is 277 g/mol. The number of carbonyl (C=O) groups is 1. The molecule has 0 radical (unpaired) electrons. The van der Waals surface area contributed by atoms with Gasteiger partial charge in [0.2, 0.25) is 0 Å². The third-order valence-corrected chi connectivity index (χ3v) is 3.33. The topological polar surface area (TPSA) is 61.5 Å². The molecule has 2 N–H and O–H groups in total. The number of thiophene rings is 1. The first-order valence-electron chi connectivity index (χ1n) is 5.92. The zero-order valence-electron chi connectivity index (χ0n) is 10.6. The van der Waals surface area contributed by atoms with Gasteiger partial charge in [-0.25, -0.2) is 4.79 Å². The number of esters is 1. The molecule has 0 aliphatic rings. The summed E-state index contributed by atoms with van der Waals surface area (Å²) in [6.07, 6.45) is 0. The van der Waals surface area contributed by atoms with Crippen molar-refractivity contribution in [2.75, 3.05) is 12.3 Å². The molecule has 0 aliphatic heterocycles. The van der Waals surface area contributed by atoms with Crippen LogP contribution in [-0.4, -0.2) is 12.6 Å². The van der Waals surface area contributed by atoms with Crippen LogP contribution in [0.15, 0.2) is 35.7 Å². The van der Waals surface area contributed by atoms with E-state index in [-0.39, 0.29) is 0 Å². The van der Waals surface area contributed by atoms with Gasteiger partial charge in [-0.2, -0.15) is 0 Å². The minimum absolute atomic E-state index is 0.318. The molecule has 19 heavy (non-hydrogen) atoms. The first-order chi connectivity index (χ1) is 9.20. The Morgan fingerprint density at radius 2 is 2.21 bits per heavy atom. The smallest absolute Gasteiger partial charge is 0.340 e. The van der Waals surface area contributed by atoms with Crippen molar-refractivity contribution < 1.29 is 14.3 Å². The number of hydrogen-bond donors (Lipinski definition) is 1. The highest BCUT2D eigenvalue weighted by Gasteiger charge is 2.12. The van der Waals surface area contributed by atoms with Gasteiger partial charge < -0.3 is 15.2 Å². The normalized spacial score (nSPS) is 10.2.